The number of ether oxygens (including phenoxy) is 1. The van der Waals surface area contributed by atoms with Gasteiger partial charge < -0.3 is 9.80 Å². The van der Waals surface area contributed by atoms with Gasteiger partial charge in [-0.3, -0.25) is 0 Å². The van der Waals surface area contributed by atoms with Gasteiger partial charge in [-0.1, -0.05) is 27.7 Å². The van der Waals surface area contributed by atoms with E-state index in [1.807, 2.05) is 54.6 Å². The average molecular weight is 862 g/mol. The van der Waals surface area contributed by atoms with Crippen molar-refractivity contribution in [2.24, 2.45) is 0 Å². The van der Waals surface area contributed by atoms with Crippen LogP contribution in [0, 0.1) is 6.57 Å². The van der Waals surface area contributed by atoms with Crippen molar-refractivity contribution in [2.45, 2.75) is 65.2 Å². The summed E-state index contributed by atoms with van der Waals surface area (Å²) >= 11 is -0.159. The standard InChI is InChI=1S/C50H46N4O5Se/c1-8-53(9-2)35-17-14-30-24-31(47(55)58-40(30)29-35)15-18-36-26-33(43(51-7)46-52-39-12-10-11-13-41(39)60-46)27-37(57-36)19-16-32-25-34-28-38-44-42(45(34)59-48(32)56)50(5,6)21-23-54(44)22-20-49(38,3)4/h10-19,24-29H,8-9,20-23H2,1-6H3/b18-15+,19-16+,43-33+. The summed E-state index contributed by atoms with van der Waals surface area (Å²) in [6.07, 6.45) is 12.4. The predicted octanol–water partition coefficient (Wildman–Crippen LogP) is 10.4. The SMILES string of the molecule is [C-]#[N+]/C(=C1C=C(/C=C/c2cc3ccc(N(CC)CC)cc3oc2=O)OC(/C=C/c2cc3cc4c5c(c3oc2=O)C(C)(C)CCN5CCC4(C)C)=C\1)c1nc2ccccc2[se]1. The van der Waals surface area contributed by atoms with Crippen molar-refractivity contribution in [1.82, 2.24) is 4.98 Å². The molecule has 3 aromatic carbocycles. The van der Waals surface area contributed by atoms with Crippen LogP contribution in [0.1, 0.15) is 81.2 Å². The first-order chi connectivity index (χ1) is 28.8. The molecule has 0 radical (unpaired) electrons. The molecule has 302 valence electrons. The van der Waals surface area contributed by atoms with E-state index in [0.29, 0.717) is 45.1 Å². The van der Waals surface area contributed by atoms with Gasteiger partial charge in [-0.05, 0) is 37.5 Å². The zero-order valence-corrected chi connectivity index (χ0v) is 36.4. The number of rotatable bonds is 8. The first-order valence-electron chi connectivity index (χ1n) is 20.5. The van der Waals surface area contributed by atoms with Crippen LogP contribution in [0.2, 0.25) is 0 Å². The fourth-order valence-corrected chi connectivity index (χ4v) is 10.7. The van der Waals surface area contributed by atoms with Crippen molar-refractivity contribution in [3.8, 4) is 0 Å². The molecular formula is C50H46N4O5Se. The van der Waals surface area contributed by atoms with E-state index in [4.69, 9.17) is 25.1 Å². The molecule has 0 fully saturated rings. The number of allylic oxidation sites excluding steroid dienone is 5. The molecule has 6 aromatic rings. The third kappa shape index (κ3) is 7.06. The number of anilines is 2. The Morgan fingerprint density at radius 3 is 2.20 bits per heavy atom. The molecule has 6 heterocycles. The number of para-hydroxylation sites is 1. The van der Waals surface area contributed by atoms with E-state index >= 15 is 0 Å². The van der Waals surface area contributed by atoms with Crippen LogP contribution in [0.4, 0.5) is 11.4 Å². The molecule has 3 aliphatic heterocycles. The molecule has 9 nitrogen and oxygen atoms in total. The van der Waals surface area contributed by atoms with Gasteiger partial charge in [-0.2, -0.15) is 0 Å². The van der Waals surface area contributed by atoms with Gasteiger partial charge in [0.1, 0.15) is 0 Å². The van der Waals surface area contributed by atoms with E-state index in [0.717, 1.165) is 75.4 Å². The second kappa shape index (κ2) is 15.2. The van der Waals surface area contributed by atoms with Gasteiger partial charge in [-0.25, -0.2) is 0 Å². The summed E-state index contributed by atoms with van der Waals surface area (Å²) in [5.41, 5.74) is 7.36. The molecule has 3 aliphatic rings. The van der Waals surface area contributed by atoms with Gasteiger partial charge in [-0.15, -0.1) is 0 Å². The molecule has 0 unspecified atom stereocenters. The molecule has 3 aromatic heterocycles. The Morgan fingerprint density at radius 1 is 0.850 bits per heavy atom. The molecule has 9 rings (SSSR count). The Bertz CT molecular complexity index is 3040. The molecule has 0 spiro atoms. The molecule has 0 amide bonds. The number of benzene rings is 3. The van der Waals surface area contributed by atoms with Crippen LogP contribution >= 0.6 is 0 Å². The molecule has 60 heavy (non-hydrogen) atoms. The molecule has 0 atom stereocenters. The Labute approximate surface area is 354 Å². The van der Waals surface area contributed by atoms with Gasteiger partial charge >= 0.3 is 244 Å². The second-order valence-electron chi connectivity index (χ2n) is 17.0. The summed E-state index contributed by atoms with van der Waals surface area (Å²) in [5, 5.41) is 1.69. The zero-order chi connectivity index (χ0) is 41.9. The summed E-state index contributed by atoms with van der Waals surface area (Å²) in [7, 11) is 0. The van der Waals surface area contributed by atoms with Gasteiger partial charge in [0.05, 0.1) is 0 Å². The van der Waals surface area contributed by atoms with Gasteiger partial charge in [0.25, 0.3) is 0 Å². The van der Waals surface area contributed by atoms with E-state index in [-0.39, 0.29) is 25.3 Å². The molecule has 0 N–H and O–H groups in total. The Kier molecular flexibility index (Phi) is 9.93. The van der Waals surface area contributed by atoms with Crippen LogP contribution in [-0.2, 0) is 15.6 Å². The molecule has 0 saturated carbocycles. The molecule has 0 aliphatic carbocycles. The fraction of sp³-hybridized carbons (Fsp3) is 0.280. The quantitative estimate of drug-likeness (QED) is 0.0849. The third-order valence-electron chi connectivity index (χ3n) is 12.2. The average Bonchev–Trinajstić information content (AvgIpc) is 3.66. The summed E-state index contributed by atoms with van der Waals surface area (Å²) in [4.78, 5) is 40.5. The molecule has 0 bridgehead atoms. The summed E-state index contributed by atoms with van der Waals surface area (Å²) in [6.45, 7) is 25.2. The number of fused-ring (bicyclic) bond motifs is 4. The van der Waals surface area contributed by atoms with E-state index in [1.54, 1.807) is 36.5 Å². The van der Waals surface area contributed by atoms with E-state index in [9.17, 15) is 9.59 Å². The normalized spacial score (nSPS) is 17.8. The predicted molar refractivity (Wildman–Crippen MR) is 244 cm³/mol. The van der Waals surface area contributed by atoms with Crippen LogP contribution in [0.5, 0.6) is 0 Å². The van der Waals surface area contributed by atoms with E-state index in [1.165, 1.54) is 11.3 Å². The number of hydrogen-bond donors (Lipinski definition) is 0. The van der Waals surface area contributed by atoms with Gasteiger partial charge in [0, 0.05) is 37.6 Å². The van der Waals surface area contributed by atoms with Crippen molar-refractivity contribution < 1.29 is 13.6 Å². The minimum absolute atomic E-state index is 0.0243. The fourth-order valence-electron chi connectivity index (χ4n) is 8.70. The Hall–Kier alpha value is -6.14. The van der Waals surface area contributed by atoms with Crippen molar-refractivity contribution in [3.05, 3.63) is 161 Å². The zero-order valence-electron chi connectivity index (χ0n) is 34.7. The van der Waals surface area contributed by atoms with Crippen molar-refractivity contribution in [1.29, 1.82) is 0 Å². The van der Waals surface area contributed by atoms with Gasteiger partial charge in [0.2, 0.25) is 0 Å². The van der Waals surface area contributed by atoms with Gasteiger partial charge in [0.15, 0.2) is 0 Å². The monoisotopic (exact) mass is 862 g/mol. The van der Waals surface area contributed by atoms with Crippen molar-refractivity contribution in [3.63, 3.8) is 0 Å². The molecule has 0 saturated heterocycles. The summed E-state index contributed by atoms with van der Waals surface area (Å²) in [5.74, 6) is 0.808. The Morgan fingerprint density at radius 2 is 1.52 bits per heavy atom. The first-order valence-corrected chi connectivity index (χ1v) is 22.3. The van der Waals surface area contributed by atoms with Crippen molar-refractivity contribution >= 4 is 75.4 Å². The first kappa shape index (κ1) is 39.3. The maximum atomic E-state index is 13.8. The van der Waals surface area contributed by atoms with Crippen molar-refractivity contribution in [2.75, 3.05) is 36.0 Å². The number of hydrogen-bond acceptors (Lipinski definition) is 8. The minimum atomic E-state index is -0.473. The van der Waals surface area contributed by atoms with Crippen LogP contribution in [0.3, 0.4) is 0 Å². The van der Waals surface area contributed by atoms with Crippen LogP contribution in [0.15, 0.2) is 120 Å². The number of nitrogens with zero attached hydrogens (tertiary/aromatic N) is 4. The molecule has 10 heteroatoms. The maximum absolute atomic E-state index is 13.8. The van der Waals surface area contributed by atoms with Crippen LogP contribution in [0.25, 0.3) is 54.4 Å². The van der Waals surface area contributed by atoms with Crippen LogP contribution in [-0.4, -0.2) is 45.7 Å². The Balaban J connectivity index is 1.11. The second-order valence-corrected chi connectivity index (χ2v) is 19.1. The van der Waals surface area contributed by atoms with Crippen LogP contribution < -0.4 is 21.1 Å². The summed E-state index contributed by atoms with van der Waals surface area (Å²) < 4.78 is 20.3. The van der Waals surface area contributed by atoms with E-state index < -0.39 is 11.3 Å². The van der Waals surface area contributed by atoms with E-state index in [2.05, 4.69) is 62.3 Å². The molecular weight excluding hydrogens is 816 g/mol. The number of aromatic nitrogens is 1. The topological polar surface area (TPSA) is 93.4 Å². The third-order valence-corrected chi connectivity index (χ3v) is 14.4. The summed E-state index contributed by atoms with van der Waals surface area (Å²) in [6, 6.07) is 19.8.